The summed E-state index contributed by atoms with van der Waals surface area (Å²) in [5.74, 6) is -1.26. The molecule has 0 saturated heterocycles. The quantitative estimate of drug-likeness (QED) is 0.692. The van der Waals surface area contributed by atoms with Crippen molar-refractivity contribution in [3.05, 3.63) is 58.9 Å². The van der Waals surface area contributed by atoms with Gasteiger partial charge < -0.3 is 5.32 Å². The molecule has 2 aromatic carbocycles. The average molecular weight is 425 g/mol. The molecule has 1 amide bonds. The van der Waals surface area contributed by atoms with Gasteiger partial charge in [-0.05, 0) is 36.4 Å². The van der Waals surface area contributed by atoms with Crippen LogP contribution in [0.5, 0.6) is 0 Å². The van der Waals surface area contributed by atoms with Crippen LogP contribution in [0, 0.1) is 5.82 Å². The molecule has 0 saturated carbocycles. The minimum Gasteiger partial charge on any atom is -0.326 e. The maximum absolute atomic E-state index is 13.0. The molecule has 0 spiro atoms. The molecular weight excluding hydrogens is 412 g/mol. The number of nitrogens with one attached hydrogen (secondary N) is 2. The normalized spacial score (nSPS) is 12.0. The lowest BCUT2D eigenvalue weighted by atomic mass is 10.2. The van der Waals surface area contributed by atoms with Crippen LogP contribution in [0.4, 0.5) is 23.2 Å². The summed E-state index contributed by atoms with van der Waals surface area (Å²) in [6, 6.07) is 6.74. The zero-order valence-electron chi connectivity index (χ0n) is 13.5. The number of alkyl halides is 3. The molecule has 146 valence electrons. The number of amides is 1. The van der Waals surface area contributed by atoms with Gasteiger partial charge in [0.2, 0.25) is 15.9 Å². The van der Waals surface area contributed by atoms with Gasteiger partial charge in [-0.2, -0.15) is 13.2 Å². The number of carbonyl (C=O) groups excluding carboxylic acids is 1. The highest BCUT2D eigenvalue weighted by Gasteiger charge is 2.31. The van der Waals surface area contributed by atoms with Crippen molar-refractivity contribution < 1.29 is 30.8 Å². The second-order valence-electron chi connectivity index (χ2n) is 5.35. The van der Waals surface area contributed by atoms with Gasteiger partial charge in [0.1, 0.15) is 5.82 Å². The van der Waals surface area contributed by atoms with Crippen LogP contribution in [-0.2, 0) is 21.0 Å². The van der Waals surface area contributed by atoms with Crippen molar-refractivity contribution in [2.75, 3.05) is 11.9 Å². The summed E-state index contributed by atoms with van der Waals surface area (Å²) in [4.78, 5) is 11.2. The Labute approximate surface area is 157 Å². The Kier molecular flexibility index (Phi) is 6.45. The standard InChI is InChI=1S/C16H13ClF4N2O3S/c17-13-9-11(4-5-14(13)18)23-15(24)6-7-22-27(25,26)12-3-1-2-10(8-12)16(19,20)21/h1-5,8-9,22H,6-7H2,(H,23,24). The Hall–Kier alpha value is -2.17. The fourth-order valence-corrected chi connectivity index (χ4v) is 3.28. The smallest absolute Gasteiger partial charge is 0.326 e. The summed E-state index contributed by atoms with van der Waals surface area (Å²) in [7, 11) is -4.22. The van der Waals surface area contributed by atoms with E-state index < -0.39 is 38.4 Å². The van der Waals surface area contributed by atoms with Crippen molar-refractivity contribution in [3.63, 3.8) is 0 Å². The van der Waals surface area contributed by atoms with Crippen LogP contribution in [0.2, 0.25) is 5.02 Å². The van der Waals surface area contributed by atoms with Crippen molar-refractivity contribution in [1.29, 1.82) is 0 Å². The van der Waals surface area contributed by atoms with E-state index in [1.807, 2.05) is 4.72 Å². The highest BCUT2D eigenvalue weighted by Crippen LogP contribution is 2.30. The summed E-state index contributed by atoms with van der Waals surface area (Å²) in [5.41, 5.74) is -0.886. The Bertz CT molecular complexity index is 949. The van der Waals surface area contributed by atoms with E-state index in [1.165, 1.54) is 12.1 Å². The first-order valence-corrected chi connectivity index (χ1v) is 9.27. The lowest BCUT2D eigenvalue weighted by Gasteiger charge is -2.10. The van der Waals surface area contributed by atoms with Crippen LogP contribution in [-0.4, -0.2) is 20.9 Å². The monoisotopic (exact) mass is 424 g/mol. The minimum atomic E-state index is -4.68. The zero-order valence-corrected chi connectivity index (χ0v) is 15.1. The third kappa shape index (κ3) is 5.91. The van der Waals surface area contributed by atoms with Gasteiger partial charge in [-0.15, -0.1) is 0 Å². The van der Waals surface area contributed by atoms with Crippen LogP contribution in [0.1, 0.15) is 12.0 Å². The van der Waals surface area contributed by atoms with Crippen LogP contribution in [0.25, 0.3) is 0 Å². The molecule has 0 heterocycles. The van der Waals surface area contributed by atoms with E-state index in [2.05, 4.69) is 5.32 Å². The van der Waals surface area contributed by atoms with Crippen LogP contribution in [0.15, 0.2) is 47.4 Å². The number of benzene rings is 2. The predicted octanol–water partition coefficient (Wildman–Crippen LogP) is 3.81. The molecule has 0 atom stereocenters. The van der Waals surface area contributed by atoms with E-state index in [1.54, 1.807) is 0 Å². The summed E-state index contributed by atoms with van der Waals surface area (Å²) < 4.78 is 77.2. The zero-order chi connectivity index (χ0) is 20.2. The number of sulfonamides is 1. The van der Waals surface area contributed by atoms with Crippen molar-refractivity contribution in [3.8, 4) is 0 Å². The third-order valence-corrected chi connectivity index (χ3v) is 5.07. The SMILES string of the molecule is O=C(CCNS(=O)(=O)c1cccc(C(F)(F)F)c1)Nc1ccc(F)c(Cl)c1. The summed E-state index contributed by atoms with van der Waals surface area (Å²) in [5, 5.41) is 2.20. The van der Waals surface area contributed by atoms with Gasteiger partial charge in [-0.3, -0.25) is 4.79 Å². The molecule has 0 unspecified atom stereocenters. The van der Waals surface area contributed by atoms with Gasteiger partial charge in [0.05, 0.1) is 15.5 Å². The fraction of sp³-hybridized carbons (Fsp3) is 0.188. The Balaban J connectivity index is 1.95. The summed E-state index contributed by atoms with van der Waals surface area (Å²) in [6.07, 6.45) is -4.98. The first-order chi connectivity index (χ1) is 12.5. The number of anilines is 1. The largest absolute Gasteiger partial charge is 0.416 e. The molecule has 0 aliphatic heterocycles. The third-order valence-electron chi connectivity index (χ3n) is 3.32. The summed E-state index contributed by atoms with van der Waals surface area (Å²) >= 11 is 5.58. The van der Waals surface area contributed by atoms with Crippen molar-refractivity contribution in [2.24, 2.45) is 0 Å². The van der Waals surface area contributed by atoms with Gasteiger partial charge in [0, 0.05) is 18.7 Å². The van der Waals surface area contributed by atoms with E-state index in [-0.39, 0.29) is 23.7 Å². The van der Waals surface area contributed by atoms with E-state index in [0.29, 0.717) is 6.07 Å². The molecule has 0 aliphatic carbocycles. The van der Waals surface area contributed by atoms with Crippen LogP contribution in [0.3, 0.4) is 0 Å². The molecule has 0 bridgehead atoms. The fourth-order valence-electron chi connectivity index (χ4n) is 2.02. The Morgan fingerprint density at radius 2 is 1.81 bits per heavy atom. The van der Waals surface area contributed by atoms with Crippen LogP contribution < -0.4 is 10.0 Å². The van der Waals surface area contributed by atoms with Gasteiger partial charge in [-0.1, -0.05) is 17.7 Å². The van der Waals surface area contributed by atoms with E-state index in [4.69, 9.17) is 11.6 Å². The molecule has 11 heteroatoms. The second kappa shape index (κ2) is 8.24. The first-order valence-electron chi connectivity index (χ1n) is 7.41. The topological polar surface area (TPSA) is 75.3 Å². The number of hydrogen-bond donors (Lipinski definition) is 2. The van der Waals surface area contributed by atoms with Gasteiger partial charge in [0.15, 0.2) is 0 Å². The lowest BCUT2D eigenvalue weighted by Crippen LogP contribution is -2.28. The average Bonchev–Trinajstić information content (AvgIpc) is 2.57. The summed E-state index contributed by atoms with van der Waals surface area (Å²) in [6.45, 7) is -0.348. The molecule has 2 N–H and O–H groups in total. The van der Waals surface area contributed by atoms with Crippen molar-refractivity contribution in [1.82, 2.24) is 4.72 Å². The van der Waals surface area contributed by atoms with Crippen LogP contribution >= 0.6 is 11.6 Å². The van der Waals surface area contributed by atoms with E-state index in [0.717, 1.165) is 24.3 Å². The molecular formula is C16H13ClF4N2O3S. The van der Waals surface area contributed by atoms with E-state index in [9.17, 15) is 30.8 Å². The lowest BCUT2D eigenvalue weighted by molar-refractivity contribution is -0.137. The molecule has 27 heavy (non-hydrogen) atoms. The maximum Gasteiger partial charge on any atom is 0.416 e. The maximum atomic E-state index is 13.0. The molecule has 0 fully saturated rings. The molecule has 0 aliphatic rings. The Morgan fingerprint density at radius 3 is 2.44 bits per heavy atom. The van der Waals surface area contributed by atoms with Gasteiger partial charge in [-0.25, -0.2) is 17.5 Å². The number of rotatable bonds is 6. The van der Waals surface area contributed by atoms with Crippen molar-refractivity contribution in [2.45, 2.75) is 17.5 Å². The van der Waals surface area contributed by atoms with Crippen molar-refractivity contribution >= 4 is 33.2 Å². The highest BCUT2D eigenvalue weighted by atomic mass is 35.5. The number of carbonyl (C=O) groups is 1. The van der Waals surface area contributed by atoms with Gasteiger partial charge in [0.25, 0.3) is 0 Å². The number of hydrogen-bond acceptors (Lipinski definition) is 3. The van der Waals surface area contributed by atoms with Gasteiger partial charge >= 0.3 is 6.18 Å². The molecule has 5 nitrogen and oxygen atoms in total. The molecule has 2 aromatic rings. The Morgan fingerprint density at radius 1 is 1.11 bits per heavy atom. The predicted molar refractivity (Wildman–Crippen MR) is 91.3 cm³/mol. The second-order valence-corrected chi connectivity index (χ2v) is 7.52. The molecule has 0 radical (unpaired) electrons. The molecule has 0 aromatic heterocycles. The van der Waals surface area contributed by atoms with E-state index >= 15 is 0 Å². The number of halogens is 5. The minimum absolute atomic E-state index is 0.196. The molecule has 2 rings (SSSR count). The highest BCUT2D eigenvalue weighted by molar-refractivity contribution is 7.89. The first kappa shape index (κ1) is 21.1.